The first-order valence-corrected chi connectivity index (χ1v) is 14.1. The molecule has 36 heavy (non-hydrogen) atoms. The maximum atomic E-state index is 14.1. The van der Waals surface area contributed by atoms with E-state index in [0.717, 1.165) is 76.8 Å². The van der Waals surface area contributed by atoms with E-state index in [1.165, 1.54) is 60.8 Å². The molecule has 0 aromatic heterocycles. The molecule has 0 unspecified atom stereocenters. The van der Waals surface area contributed by atoms with Crippen LogP contribution in [0.2, 0.25) is 0 Å². The molecule has 0 amide bonds. The van der Waals surface area contributed by atoms with Gasteiger partial charge in [0.1, 0.15) is 0 Å². The second-order valence-corrected chi connectivity index (χ2v) is 11.2. The molecule has 5 heteroatoms. The van der Waals surface area contributed by atoms with E-state index < -0.39 is 0 Å². The van der Waals surface area contributed by atoms with Crippen molar-refractivity contribution in [3.8, 4) is 0 Å². The highest BCUT2D eigenvalue weighted by atomic mass is 16.5. The van der Waals surface area contributed by atoms with E-state index in [9.17, 15) is 4.79 Å². The summed E-state index contributed by atoms with van der Waals surface area (Å²) in [6, 6.07) is 13.4. The SMILES string of the molecule is O=C(c1ccc(CN2CCOCC2)cc1C1CCC1)c1ccc(CN2CCOCC2)cc1C1CCC1. The minimum absolute atomic E-state index is 0.231. The van der Waals surface area contributed by atoms with Crippen LogP contribution in [-0.4, -0.2) is 68.2 Å². The summed E-state index contributed by atoms with van der Waals surface area (Å²) in [5.74, 6) is 1.29. The maximum absolute atomic E-state index is 14.1. The lowest BCUT2D eigenvalue weighted by Gasteiger charge is -2.31. The molecule has 2 aliphatic heterocycles. The van der Waals surface area contributed by atoms with Crippen LogP contribution in [0.1, 0.15) is 88.5 Å². The van der Waals surface area contributed by atoms with E-state index in [2.05, 4.69) is 46.2 Å². The zero-order valence-electron chi connectivity index (χ0n) is 21.6. The second kappa shape index (κ2) is 11.1. The quantitative estimate of drug-likeness (QED) is 0.483. The van der Waals surface area contributed by atoms with Gasteiger partial charge < -0.3 is 9.47 Å². The van der Waals surface area contributed by atoms with Crippen LogP contribution in [0.25, 0.3) is 0 Å². The third-order valence-electron chi connectivity index (χ3n) is 8.83. The number of carbonyl (C=O) groups is 1. The third kappa shape index (κ3) is 5.31. The lowest BCUT2D eigenvalue weighted by atomic mass is 9.74. The minimum Gasteiger partial charge on any atom is -0.379 e. The van der Waals surface area contributed by atoms with E-state index in [1.54, 1.807) is 0 Å². The molecule has 2 heterocycles. The number of hydrogen-bond donors (Lipinski definition) is 0. The molecule has 2 aromatic rings. The van der Waals surface area contributed by atoms with Gasteiger partial charge in [-0.2, -0.15) is 0 Å². The molecule has 0 radical (unpaired) electrons. The molecule has 0 bridgehead atoms. The standard InChI is InChI=1S/C31H40N2O3/c34-31(27-9-7-23(19-29(27)25-3-1-4-25)21-32-11-15-35-16-12-32)28-10-8-24(20-30(28)26-5-2-6-26)22-33-13-17-36-18-14-33/h7-10,19-20,25-26H,1-6,11-18,21-22H2. The molecular weight excluding hydrogens is 448 g/mol. The fourth-order valence-corrected chi connectivity index (χ4v) is 6.13. The molecule has 2 aliphatic carbocycles. The van der Waals surface area contributed by atoms with E-state index in [4.69, 9.17) is 9.47 Å². The molecule has 0 atom stereocenters. The van der Waals surface area contributed by atoms with Crippen molar-refractivity contribution in [3.63, 3.8) is 0 Å². The Kier molecular flexibility index (Phi) is 7.52. The van der Waals surface area contributed by atoms with Gasteiger partial charge in [0, 0.05) is 50.4 Å². The van der Waals surface area contributed by atoms with Crippen molar-refractivity contribution in [2.75, 3.05) is 52.6 Å². The minimum atomic E-state index is 0.231. The maximum Gasteiger partial charge on any atom is 0.193 e. The smallest absolute Gasteiger partial charge is 0.193 e. The molecule has 4 fully saturated rings. The first-order valence-electron chi connectivity index (χ1n) is 14.1. The van der Waals surface area contributed by atoms with Crippen LogP contribution >= 0.6 is 0 Å². The number of benzene rings is 2. The summed E-state index contributed by atoms with van der Waals surface area (Å²) < 4.78 is 11.1. The summed E-state index contributed by atoms with van der Waals surface area (Å²) >= 11 is 0. The molecular formula is C31H40N2O3. The highest BCUT2D eigenvalue weighted by Crippen LogP contribution is 2.42. The predicted octanol–water partition coefficient (Wildman–Crippen LogP) is 5.12. The van der Waals surface area contributed by atoms with E-state index in [0.29, 0.717) is 11.8 Å². The molecule has 2 aromatic carbocycles. The van der Waals surface area contributed by atoms with Gasteiger partial charge in [-0.25, -0.2) is 0 Å². The normalized spacial score (nSPS) is 22.2. The first-order chi connectivity index (χ1) is 17.7. The fraction of sp³-hybridized carbons (Fsp3) is 0.581. The lowest BCUT2D eigenvalue weighted by Crippen LogP contribution is -2.35. The van der Waals surface area contributed by atoms with E-state index >= 15 is 0 Å². The van der Waals surface area contributed by atoms with Crippen LogP contribution in [-0.2, 0) is 22.6 Å². The Morgan fingerprint density at radius 3 is 1.44 bits per heavy atom. The van der Waals surface area contributed by atoms with Gasteiger partial charge in [-0.1, -0.05) is 49.2 Å². The van der Waals surface area contributed by atoms with Crippen molar-refractivity contribution >= 4 is 5.78 Å². The summed E-state index contributed by atoms with van der Waals surface area (Å²) in [7, 11) is 0. The molecule has 5 nitrogen and oxygen atoms in total. The average molecular weight is 489 g/mol. The van der Waals surface area contributed by atoms with Crippen molar-refractivity contribution in [3.05, 3.63) is 69.8 Å². The number of ketones is 1. The number of rotatable bonds is 8. The van der Waals surface area contributed by atoms with Crippen molar-refractivity contribution in [1.29, 1.82) is 0 Å². The number of hydrogen-bond acceptors (Lipinski definition) is 5. The third-order valence-corrected chi connectivity index (χ3v) is 8.83. The van der Waals surface area contributed by atoms with Crippen molar-refractivity contribution in [2.45, 2.75) is 63.5 Å². The van der Waals surface area contributed by atoms with Crippen molar-refractivity contribution in [1.82, 2.24) is 9.80 Å². The van der Waals surface area contributed by atoms with Gasteiger partial charge in [0.25, 0.3) is 0 Å². The van der Waals surface area contributed by atoms with Crippen molar-refractivity contribution in [2.24, 2.45) is 0 Å². The molecule has 6 rings (SSSR count). The molecule has 0 N–H and O–H groups in total. The van der Waals surface area contributed by atoms with Crippen LogP contribution in [0, 0.1) is 0 Å². The monoisotopic (exact) mass is 488 g/mol. The van der Waals surface area contributed by atoms with Crippen molar-refractivity contribution < 1.29 is 14.3 Å². The zero-order valence-corrected chi connectivity index (χ0v) is 21.6. The largest absolute Gasteiger partial charge is 0.379 e. The van der Waals surface area contributed by atoms with Gasteiger partial charge in [-0.15, -0.1) is 0 Å². The zero-order chi connectivity index (χ0) is 24.3. The number of carbonyl (C=O) groups excluding carboxylic acids is 1. The van der Waals surface area contributed by atoms with Gasteiger partial charge in [-0.05, 0) is 59.8 Å². The highest BCUT2D eigenvalue weighted by molar-refractivity contribution is 6.11. The number of morpholine rings is 2. The Labute approximate surface area is 215 Å². The van der Waals surface area contributed by atoms with Gasteiger partial charge in [0.15, 0.2) is 5.78 Å². The Balaban J connectivity index is 1.28. The Morgan fingerprint density at radius 2 is 1.08 bits per heavy atom. The first kappa shape index (κ1) is 24.3. The van der Waals surface area contributed by atoms with Crippen LogP contribution in [0.3, 0.4) is 0 Å². The van der Waals surface area contributed by atoms with Gasteiger partial charge in [-0.3, -0.25) is 14.6 Å². The molecule has 4 aliphatic rings. The van der Waals surface area contributed by atoms with E-state index in [-0.39, 0.29) is 5.78 Å². The number of ether oxygens (including phenoxy) is 2. The fourth-order valence-electron chi connectivity index (χ4n) is 6.13. The Hall–Kier alpha value is -2.05. The van der Waals surface area contributed by atoms with Gasteiger partial charge >= 0.3 is 0 Å². The summed E-state index contributed by atoms with van der Waals surface area (Å²) in [6.07, 6.45) is 7.36. The highest BCUT2D eigenvalue weighted by Gasteiger charge is 2.29. The number of nitrogens with zero attached hydrogens (tertiary/aromatic N) is 2. The Morgan fingerprint density at radius 1 is 0.667 bits per heavy atom. The van der Waals surface area contributed by atoms with Crippen LogP contribution in [0.4, 0.5) is 0 Å². The van der Waals surface area contributed by atoms with Crippen LogP contribution in [0.15, 0.2) is 36.4 Å². The average Bonchev–Trinajstić information content (AvgIpc) is 2.83. The molecule has 2 saturated carbocycles. The van der Waals surface area contributed by atoms with Crippen LogP contribution < -0.4 is 0 Å². The summed E-state index contributed by atoms with van der Waals surface area (Å²) in [5, 5.41) is 0. The lowest BCUT2D eigenvalue weighted by molar-refractivity contribution is 0.0341. The van der Waals surface area contributed by atoms with Gasteiger partial charge in [0.2, 0.25) is 0 Å². The molecule has 2 saturated heterocycles. The second-order valence-electron chi connectivity index (χ2n) is 11.2. The van der Waals surface area contributed by atoms with Crippen LogP contribution in [0.5, 0.6) is 0 Å². The predicted molar refractivity (Wildman–Crippen MR) is 142 cm³/mol. The topological polar surface area (TPSA) is 42.0 Å². The summed E-state index contributed by atoms with van der Waals surface area (Å²) in [4.78, 5) is 19.1. The molecule has 192 valence electrons. The summed E-state index contributed by atoms with van der Waals surface area (Å²) in [6.45, 7) is 9.11. The van der Waals surface area contributed by atoms with Gasteiger partial charge in [0.05, 0.1) is 26.4 Å². The Bertz CT molecular complexity index is 980. The van der Waals surface area contributed by atoms with E-state index in [1.807, 2.05) is 0 Å². The summed E-state index contributed by atoms with van der Waals surface area (Å²) in [5.41, 5.74) is 7.10. The molecule has 0 spiro atoms.